The lowest BCUT2D eigenvalue weighted by molar-refractivity contribution is -0.125. The van der Waals surface area contributed by atoms with Crippen molar-refractivity contribution in [1.82, 2.24) is 10.6 Å². The minimum atomic E-state index is -2.95. The summed E-state index contributed by atoms with van der Waals surface area (Å²) in [6, 6.07) is 4.77. The first-order valence-corrected chi connectivity index (χ1v) is 9.22. The Bertz CT molecular complexity index is 667. The van der Waals surface area contributed by atoms with Crippen molar-refractivity contribution in [3.05, 3.63) is 23.8 Å². The van der Waals surface area contributed by atoms with Crippen LogP contribution in [0.3, 0.4) is 0 Å². The second-order valence-corrected chi connectivity index (χ2v) is 6.79. The summed E-state index contributed by atoms with van der Waals surface area (Å²) in [6.45, 7) is 5.77. The molecule has 1 rings (SSSR count). The minimum absolute atomic E-state index is 0.0145. The number of nitrogens with one attached hydrogen (secondary N) is 2. The van der Waals surface area contributed by atoms with Gasteiger partial charge in [0.05, 0.1) is 18.6 Å². The van der Waals surface area contributed by atoms with Crippen molar-refractivity contribution < 1.29 is 23.0 Å². The van der Waals surface area contributed by atoms with E-state index in [1.165, 1.54) is 6.07 Å². The number of nitrogens with zero attached hydrogens (tertiary/aromatic N) is 1. The van der Waals surface area contributed by atoms with Crippen LogP contribution in [-0.4, -0.2) is 38.2 Å². The first-order chi connectivity index (χ1) is 13.2. The van der Waals surface area contributed by atoms with Crippen LogP contribution in [0.2, 0.25) is 0 Å². The predicted octanol–water partition coefficient (Wildman–Crippen LogP) is 2.64. The van der Waals surface area contributed by atoms with Crippen molar-refractivity contribution >= 4 is 11.9 Å². The van der Waals surface area contributed by atoms with Crippen LogP contribution in [0.5, 0.6) is 11.5 Å². The highest BCUT2D eigenvalue weighted by molar-refractivity contribution is 5.83. The Balaban J connectivity index is 2.95. The number of benzene rings is 1. The number of aliphatic imine (C=N–C) groups is 1. The van der Waals surface area contributed by atoms with Gasteiger partial charge in [-0.15, -0.1) is 0 Å². The molecule has 1 amide bonds. The lowest BCUT2D eigenvalue weighted by Gasteiger charge is -2.22. The third-order valence-electron chi connectivity index (χ3n) is 3.84. The molecule has 0 saturated carbocycles. The first-order valence-electron chi connectivity index (χ1n) is 9.22. The van der Waals surface area contributed by atoms with Gasteiger partial charge in [-0.2, -0.15) is 8.78 Å². The molecule has 28 heavy (non-hydrogen) atoms. The van der Waals surface area contributed by atoms with Gasteiger partial charge in [0.1, 0.15) is 11.5 Å². The van der Waals surface area contributed by atoms with Crippen LogP contribution in [0.4, 0.5) is 8.78 Å². The number of hydrogen-bond donors (Lipinski definition) is 3. The van der Waals surface area contributed by atoms with Gasteiger partial charge in [-0.25, -0.2) is 4.99 Å². The monoisotopic (exact) mass is 400 g/mol. The average molecular weight is 400 g/mol. The Labute approximate surface area is 164 Å². The summed E-state index contributed by atoms with van der Waals surface area (Å²) in [6.07, 6.45) is 0.802. The molecule has 0 aromatic heterocycles. The van der Waals surface area contributed by atoms with Gasteiger partial charge < -0.3 is 25.8 Å². The molecule has 4 N–H and O–H groups in total. The number of hydrogen-bond acceptors (Lipinski definition) is 4. The summed E-state index contributed by atoms with van der Waals surface area (Å²) < 4.78 is 35.6. The van der Waals surface area contributed by atoms with E-state index >= 15 is 0 Å². The number of alkyl halides is 2. The third kappa shape index (κ3) is 7.98. The zero-order valence-electron chi connectivity index (χ0n) is 16.9. The van der Waals surface area contributed by atoms with E-state index in [4.69, 9.17) is 10.5 Å². The normalized spacial score (nSPS) is 12.0. The standard InChI is InChI=1S/C19H30F2N4O3/c1-5-9-27-14-8-7-13(15(10-14)28-17(20)21)11-24-18(23-6-2)25-12-19(3,4)16(22)26/h7-8,10,17H,5-6,9,11-12H2,1-4H3,(H2,22,26)(H2,23,24,25). The molecule has 0 bridgehead atoms. The molecule has 0 atom stereocenters. The fourth-order valence-electron chi connectivity index (χ4n) is 2.08. The Kier molecular flexibility index (Phi) is 9.47. The van der Waals surface area contributed by atoms with E-state index in [2.05, 4.69) is 20.4 Å². The maximum atomic E-state index is 12.8. The number of carbonyl (C=O) groups excluding carboxylic acids is 1. The second-order valence-electron chi connectivity index (χ2n) is 6.79. The van der Waals surface area contributed by atoms with Crippen LogP contribution < -0.4 is 25.8 Å². The van der Waals surface area contributed by atoms with Gasteiger partial charge in [0.2, 0.25) is 5.91 Å². The van der Waals surface area contributed by atoms with Crippen molar-refractivity contribution in [2.24, 2.45) is 16.1 Å². The Morgan fingerprint density at radius 3 is 2.57 bits per heavy atom. The summed E-state index contributed by atoms with van der Waals surface area (Å²) in [7, 11) is 0. The fourth-order valence-corrected chi connectivity index (χ4v) is 2.08. The van der Waals surface area contributed by atoms with E-state index in [1.807, 2.05) is 13.8 Å². The molecule has 0 aliphatic heterocycles. The molecule has 158 valence electrons. The molecular weight excluding hydrogens is 370 g/mol. The minimum Gasteiger partial charge on any atom is -0.493 e. The number of carbonyl (C=O) groups is 1. The molecule has 0 saturated heterocycles. The Morgan fingerprint density at radius 1 is 1.29 bits per heavy atom. The molecule has 7 nitrogen and oxygen atoms in total. The number of amides is 1. The van der Waals surface area contributed by atoms with E-state index in [1.54, 1.807) is 26.0 Å². The number of primary amides is 1. The van der Waals surface area contributed by atoms with Crippen molar-refractivity contribution in [2.45, 2.75) is 47.3 Å². The van der Waals surface area contributed by atoms with E-state index in [0.29, 0.717) is 30.4 Å². The van der Waals surface area contributed by atoms with Crippen molar-refractivity contribution in [1.29, 1.82) is 0 Å². The molecular formula is C19H30F2N4O3. The highest BCUT2D eigenvalue weighted by Gasteiger charge is 2.25. The number of ether oxygens (including phenoxy) is 2. The zero-order valence-corrected chi connectivity index (χ0v) is 16.9. The third-order valence-corrected chi connectivity index (χ3v) is 3.84. The van der Waals surface area contributed by atoms with Gasteiger partial charge in [0.15, 0.2) is 5.96 Å². The highest BCUT2D eigenvalue weighted by Crippen LogP contribution is 2.27. The molecule has 0 unspecified atom stereocenters. The molecule has 9 heteroatoms. The van der Waals surface area contributed by atoms with Gasteiger partial charge in [0, 0.05) is 24.7 Å². The summed E-state index contributed by atoms with van der Waals surface area (Å²) in [5.41, 5.74) is 5.09. The van der Waals surface area contributed by atoms with Crippen LogP contribution in [0.1, 0.15) is 39.7 Å². The summed E-state index contributed by atoms with van der Waals surface area (Å²) in [5, 5.41) is 6.07. The molecule has 1 aromatic rings. The topological polar surface area (TPSA) is 98.0 Å². The fraction of sp³-hybridized carbons (Fsp3) is 0.579. The molecule has 0 fully saturated rings. The van der Waals surface area contributed by atoms with Crippen molar-refractivity contribution in [3.8, 4) is 11.5 Å². The Morgan fingerprint density at radius 2 is 2.00 bits per heavy atom. The van der Waals surface area contributed by atoms with Crippen LogP contribution in [-0.2, 0) is 11.3 Å². The van der Waals surface area contributed by atoms with Gasteiger partial charge >= 0.3 is 6.61 Å². The first kappa shape index (κ1) is 23.5. The largest absolute Gasteiger partial charge is 0.493 e. The molecule has 0 heterocycles. The SMILES string of the molecule is CCCOc1ccc(CN=C(NCC)NCC(C)(C)C(N)=O)c(OC(F)F)c1. The number of halogens is 2. The highest BCUT2D eigenvalue weighted by atomic mass is 19.3. The lowest BCUT2D eigenvalue weighted by Crippen LogP contribution is -2.46. The van der Waals surface area contributed by atoms with Crippen LogP contribution in [0.15, 0.2) is 23.2 Å². The van der Waals surface area contributed by atoms with Crippen LogP contribution in [0.25, 0.3) is 0 Å². The van der Waals surface area contributed by atoms with Gasteiger partial charge in [-0.05, 0) is 39.3 Å². The molecule has 0 radical (unpaired) electrons. The van der Waals surface area contributed by atoms with Gasteiger partial charge in [0.25, 0.3) is 0 Å². The van der Waals surface area contributed by atoms with E-state index in [0.717, 1.165) is 6.42 Å². The molecule has 1 aromatic carbocycles. The van der Waals surface area contributed by atoms with Crippen molar-refractivity contribution in [2.75, 3.05) is 19.7 Å². The number of nitrogens with two attached hydrogens (primary N) is 1. The smallest absolute Gasteiger partial charge is 0.387 e. The molecule has 0 spiro atoms. The predicted molar refractivity (Wildman–Crippen MR) is 105 cm³/mol. The van der Waals surface area contributed by atoms with Gasteiger partial charge in [-0.3, -0.25) is 4.79 Å². The Hall–Kier alpha value is -2.58. The quantitative estimate of drug-likeness (QED) is 0.392. The lowest BCUT2D eigenvalue weighted by atomic mass is 9.93. The molecule has 0 aliphatic carbocycles. The second kappa shape index (κ2) is 11.3. The average Bonchev–Trinajstić information content (AvgIpc) is 2.62. The van der Waals surface area contributed by atoms with Crippen LogP contribution >= 0.6 is 0 Å². The van der Waals surface area contributed by atoms with Gasteiger partial charge in [-0.1, -0.05) is 6.92 Å². The summed E-state index contributed by atoms with van der Waals surface area (Å²) in [4.78, 5) is 15.8. The summed E-state index contributed by atoms with van der Waals surface area (Å²) >= 11 is 0. The van der Waals surface area contributed by atoms with E-state index in [-0.39, 0.29) is 18.8 Å². The van der Waals surface area contributed by atoms with Crippen molar-refractivity contribution in [3.63, 3.8) is 0 Å². The summed E-state index contributed by atoms with van der Waals surface area (Å²) in [5.74, 6) is 0.469. The maximum absolute atomic E-state index is 12.8. The van der Waals surface area contributed by atoms with E-state index < -0.39 is 17.9 Å². The maximum Gasteiger partial charge on any atom is 0.387 e. The van der Waals surface area contributed by atoms with E-state index in [9.17, 15) is 13.6 Å². The number of guanidine groups is 1. The number of rotatable bonds is 11. The molecule has 0 aliphatic rings. The van der Waals surface area contributed by atoms with Crippen LogP contribution in [0, 0.1) is 5.41 Å². The zero-order chi connectivity index (χ0) is 21.2.